The van der Waals surface area contributed by atoms with Crippen molar-refractivity contribution in [2.45, 2.75) is 18.6 Å². The number of halogens is 2. The Morgan fingerprint density at radius 3 is 2.58 bits per heavy atom. The van der Waals surface area contributed by atoms with Crippen LogP contribution in [0.2, 0.25) is 0 Å². The monoisotopic (exact) mass is 261 g/mol. The van der Waals surface area contributed by atoms with Gasteiger partial charge in [-0.15, -0.1) is 0 Å². The molecule has 0 amide bonds. The number of ether oxygens (including phenoxy) is 1. The summed E-state index contributed by atoms with van der Waals surface area (Å²) in [6.07, 6.45) is -0.127. The molecular formula is C15H13F2NO. The summed E-state index contributed by atoms with van der Waals surface area (Å²) in [7, 11) is 0. The summed E-state index contributed by atoms with van der Waals surface area (Å²) in [5.41, 5.74) is 7.18. The molecule has 0 aliphatic carbocycles. The lowest BCUT2D eigenvalue weighted by Gasteiger charge is -2.30. The van der Waals surface area contributed by atoms with Crippen molar-refractivity contribution < 1.29 is 13.5 Å². The van der Waals surface area contributed by atoms with Crippen LogP contribution in [0.4, 0.5) is 8.78 Å². The molecule has 2 nitrogen and oxygen atoms in total. The molecule has 0 fully saturated rings. The molecule has 3 rings (SSSR count). The van der Waals surface area contributed by atoms with Crippen molar-refractivity contribution in [3.8, 4) is 5.75 Å². The van der Waals surface area contributed by atoms with E-state index in [0.717, 1.165) is 11.6 Å². The van der Waals surface area contributed by atoms with Gasteiger partial charge in [-0.2, -0.15) is 0 Å². The second-order valence-electron chi connectivity index (χ2n) is 4.63. The number of para-hydroxylation sites is 1. The molecule has 0 radical (unpaired) electrons. The minimum Gasteiger partial charge on any atom is -0.485 e. The first-order chi connectivity index (χ1) is 9.16. The van der Waals surface area contributed by atoms with Gasteiger partial charge in [0.2, 0.25) is 0 Å². The predicted molar refractivity (Wildman–Crippen MR) is 67.7 cm³/mol. The minimum atomic E-state index is -0.867. The fraction of sp³-hybridized carbons (Fsp3) is 0.200. The third-order valence-corrected chi connectivity index (χ3v) is 3.38. The van der Waals surface area contributed by atoms with Crippen molar-refractivity contribution in [2.24, 2.45) is 5.73 Å². The van der Waals surface area contributed by atoms with E-state index in [9.17, 15) is 8.78 Å². The van der Waals surface area contributed by atoms with Gasteiger partial charge >= 0.3 is 0 Å². The summed E-state index contributed by atoms with van der Waals surface area (Å²) < 4.78 is 32.8. The summed E-state index contributed by atoms with van der Waals surface area (Å²) in [4.78, 5) is 0. The highest BCUT2D eigenvalue weighted by molar-refractivity contribution is 5.39. The van der Waals surface area contributed by atoms with Gasteiger partial charge < -0.3 is 10.5 Å². The summed E-state index contributed by atoms with van der Waals surface area (Å²) in [5, 5.41) is 0. The number of rotatable bonds is 1. The molecule has 2 aromatic rings. The smallest absolute Gasteiger partial charge is 0.165 e. The minimum absolute atomic E-state index is 0.213. The maximum atomic E-state index is 13.8. The van der Waals surface area contributed by atoms with Gasteiger partial charge in [0, 0.05) is 23.6 Å². The second kappa shape index (κ2) is 4.63. The molecule has 2 N–H and O–H groups in total. The molecule has 1 aliphatic heterocycles. The molecule has 0 saturated heterocycles. The van der Waals surface area contributed by atoms with Crippen molar-refractivity contribution in [1.29, 1.82) is 0 Å². The van der Waals surface area contributed by atoms with Crippen LogP contribution in [0, 0.1) is 11.6 Å². The van der Waals surface area contributed by atoms with Gasteiger partial charge in [-0.1, -0.05) is 30.3 Å². The van der Waals surface area contributed by atoms with E-state index in [1.54, 1.807) is 6.07 Å². The third kappa shape index (κ3) is 2.08. The van der Waals surface area contributed by atoms with Crippen LogP contribution in [0.25, 0.3) is 0 Å². The predicted octanol–water partition coefficient (Wildman–Crippen LogP) is 3.49. The van der Waals surface area contributed by atoms with Gasteiger partial charge in [0.15, 0.2) is 11.6 Å². The molecule has 1 heterocycles. The third-order valence-electron chi connectivity index (χ3n) is 3.38. The van der Waals surface area contributed by atoms with E-state index in [1.807, 2.05) is 18.2 Å². The van der Waals surface area contributed by atoms with Crippen LogP contribution in [0.15, 0.2) is 42.5 Å². The fourth-order valence-electron chi connectivity index (χ4n) is 2.41. The molecule has 4 heteroatoms. The Balaban J connectivity index is 1.99. The van der Waals surface area contributed by atoms with Gasteiger partial charge in [-0.3, -0.25) is 0 Å². The molecule has 1 unspecified atom stereocenters. The van der Waals surface area contributed by atoms with Gasteiger partial charge in [0.05, 0.1) is 0 Å². The number of hydrogen-bond donors (Lipinski definition) is 1. The zero-order chi connectivity index (χ0) is 13.4. The van der Waals surface area contributed by atoms with E-state index >= 15 is 0 Å². The summed E-state index contributed by atoms with van der Waals surface area (Å²) in [5.74, 6) is -1.09. The van der Waals surface area contributed by atoms with Gasteiger partial charge in [-0.05, 0) is 12.1 Å². The summed E-state index contributed by atoms with van der Waals surface area (Å²) in [6, 6.07) is 11.2. The highest BCUT2D eigenvalue weighted by Crippen LogP contribution is 2.40. The molecular weight excluding hydrogens is 248 g/mol. The number of fused-ring (bicyclic) bond motifs is 1. The van der Waals surface area contributed by atoms with E-state index in [1.165, 1.54) is 12.1 Å². The van der Waals surface area contributed by atoms with Crippen molar-refractivity contribution in [2.75, 3.05) is 0 Å². The van der Waals surface area contributed by atoms with Gasteiger partial charge in [-0.25, -0.2) is 8.78 Å². The molecule has 0 aromatic heterocycles. The van der Waals surface area contributed by atoms with Crippen LogP contribution < -0.4 is 10.5 Å². The number of nitrogens with two attached hydrogens (primary N) is 1. The Morgan fingerprint density at radius 2 is 1.74 bits per heavy atom. The Morgan fingerprint density at radius 1 is 1.00 bits per heavy atom. The van der Waals surface area contributed by atoms with E-state index < -0.39 is 17.7 Å². The van der Waals surface area contributed by atoms with Crippen molar-refractivity contribution in [3.63, 3.8) is 0 Å². The van der Waals surface area contributed by atoms with Crippen LogP contribution in [-0.2, 0) is 0 Å². The van der Waals surface area contributed by atoms with Crippen molar-refractivity contribution in [3.05, 3.63) is 65.2 Å². The zero-order valence-corrected chi connectivity index (χ0v) is 10.1. The summed E-state index contributed by atoms with van der Waals surface area (Å²) in [6.45, 7) is 0. The largest absolute Gasteiger partial charge is 0.485 e. The first-order valence-corrected chi connectivity index (χ1v) is 6.12. The lowest BCUT2D eigenvalue weighted by molar-refractivity contribution is 0.156. The van der Waals surface area contributed by atoms with E-state index in [4.69, 9.17) is 10.5 Å². The molecule has 1 aliphatic rings. The normalized spacial score (nSPS) is 21.6. The van der Waals surface area contributed by atoms with E-state index in [0.29, 0.717) is 12.2 Å². The Hall–Kier alpha value is -1.94. The Labute approximate surface area is 109 Å². The maximum Gasteiger partial charge on any atom is 0.165 e. The first kappa shape index (κ1) is 12.1. The summed E-state index contributed by atoms with van der Waals surface area (Å²) >= 11 is 0. The maximum absolute atomic E-state index is 13.8. The molecule has 98 valence electrons. The van der Waals surface area contributed by atoms with Crippen LogP contribution in [0.1, 0.15) is 29.7 Å². The molecule has 2 aromatic carbocycles. The van der Waals surface area contributed by atoms with Crippen LogP contribution in [0.5, 0.6) is 5.75 Å². The van der Waals surface area contributed by atoms with E-state index in [2.05, 4.69) is 0 Å². The average molecular weight is 261 g/mol. The SMILES string of the molecule is N[C@@H]1CC(c2cccc(F)c2F)Oc2ccccc21. The molecule has 2 atom stereocenters. The highest BCUT2D eigenvalue weighted by Gasteiger charge is 2.29. The number of hydrogen-bond acceptors (Lipinski definition) is 2. The lowest BCUT2D eigenvalue weighted by Crippen LogP contribution is -2.24. The molecule has 0 saturated carbocycles. The van der Waals surface area contributed by atoms with Gasteiger partial charge in [0.1, 0.15) is 11.9 Å². The van der Waals surface area contributed by atoms with Crippen LogP contribution in [-0.4, -0.2) is 0 Å². The van der Waals surface area contributed by atoms with Crippen molar-refractivity contribution >= 4 is 0 Å². The topological polar surface area (TPSA) is 35.2 Å². The van der Waals surface area contributed by atoms with Crippen LogP contribution >= 0.6 is 0 Å². The fourth-order valence-corrected chi connectivity index (χ4v) is 2.41. The Bertz CT molecular complexity index is 615. The molecule has 0 bridgehead atoms. The second-order valence-corrected chi connectivity index (χ2v) is 4.63. The average Bonchev–Trinajstić information content (AvgIpc) is 2.42. The molecule has 19 heavy (non-hydrogen) atoms. The lowest BCUT2D eigenvalue weighted by atomic mass is 9.93. The zero-order valence-electron chi connectivity index (χ0n) is 10.1. The van der Waals surface area contributed by atoms with E-state index in [-0.39, 0.29) is 11.6 Å². The standard InChI is InChI=1S/C15H13F2NO/c16-11-6-3-5-10(15(11)17)14-8-12(18)9-4-1-2-7-13(9)19-14/h1-7,12,14H,8,18H2/t12-,14?/m1/s1. The van der Waals surface area contributed by atoms with Crippen molar-refractivity contribution in [1.82, 2.24) is 0 Å². The highest BCUT2D eigenvalue weighted by atomic mass is 19.2. The first-order valence-electron chi connectivity index (χ1n) is 6.12. The number of benzene rings is 2. The molecule has 0 spiro atoms. The van der Waals surface area contributed by atoms with Crippen LogP contribution in [0.3, 0.4) is 0 Å². The Kier molecular flexibility index (Phi) is 2.95. The van der Waals surface area contributed by atoms with Gasteiger partial charge in [0.25, 0.3) is 0 Å². The quantitative estimate of drug-likeness (QED) is 0.852.